The van der Waals surface area contributed by atoms with Crippen LogP contribution in [-0.4, -0.2) is 43.1 Å². The number of fused-ring (bicyclic) bond motifs is 1. The Morgan fingerprint density at radius 3 is 2.62 bits per heavy atom. The van der Waals surface area contributed by atoms with Gasteiger partial charge in [0.05, 0.1) is 6.54 Å². The molecule has 1 saturated heterocycles. The molecule has 0 aromatic carbocycles. The number of hydrogen-bond donors (Lipinski definition) is 0. The van der Waals surface area contributed by atoms with E-state index in [0.29, 0.717) is 11.8 Å². The molecule has 7 heteroatoms. The highest BCUT2D eigenvalue weighted by atomic mass is 16.5. The summed E-state index contributed by atoms with van der Waals surface area (Å²) in [5, 5.41) is 5.06. The fourth-order valence-corrected chi connectivity index (χ4v) is 3.95. The van der Waals surface area contributed by atoms with Gasteiger partial charge in [-0.25, -0.2) is 9.97 Å². The van der Waals surface area contributed by atoms with Crippen LogP contribution in [0.15, 0.2) is 53.4 Å². The number of aromatic nitrogens is 5. The minimum Gasteiger partial charge on any atom is -0.340 e. The summed E-state index contributed by atoms with van der Waals surface area (Å²) in [5.74, 6) is 1.85. The zero-order chi connectivity index (χ0) is 19.6. The summed E-state index contributed by atoms with van der Waals surface area (Å²) < 4.78 is 5.07. The van der Waals surface area contributed by atoms with E-state index in [-0.39, 0.29) is 0 Å². The molecule has 1 aliphatic rings. The van der Waals surface area contributed by atoms with E-state index in [0.717, 1.165) is 66.2 Å². The van der Waals surface area contributed by atoms with Gasteiger partial charge in [0.1, 0.15) is 0 Å². The second-order valence-corrected chi connectivity index (χ2v) is 7.52. The lowest BCUT2D eigenvalue weighted by atomic mass is 9.92. The molecule has 0 amide bonds. The van der Waals surface area contributed by atoms with Crippen LogP contribution in [0, 0.1) is 6.92 Å². The van der Waals surface area contributed by atoms with Crippen LogP contribution in [0.2, 0.25) is 0 Å². The van der Waals surface area contributed by atoms with Gasteiger partial charge >= 0.3 is 0 Å². The molecule has 0 unspecified atom stereocenters. The zero-order valence-corrected chi connectivity index (χ0v) is 16.3. The number of pyridine rings is 3. The fraction of sp³-hybridized carbons (Fsp3) is 0.318. The van der Waals surface area contributed by atoms with Gasteiger partial charge < -0.3 is 4.52 Å². The molecule has 0 atom stereocenters. The first-order chi connectivity index (χ1) is 14.2. The van der Waals surface area contributed by atoms with Crippen molar-refractivity contribution in [1.29, 1.82) is 0 Å². The Labute approximate surface area is 168 Å². The maximum absolute atomic E-state index is 5.07. The Balaban J connectivity index is 1.28. The van der Waals surface area contributed by atoms with Crippen molar-refractivity contribution in [3.8, 4) is 11.1 Å². The molecule has 1 fully saturated rings. The highest BCUT2D eigenvalue weighted by molar-refractivity contribution is 5.80. The SMILES string of the molecule is Cc1nc(CN2CCC(c3ccc4cc(-c5ccncc5)cnc4n3)CC2)no1. The number of likely N-dealkylation sites (tertiary alicyclic amines) is 1. The van der Waals surface area contributed by atoms with Crippen LogP contribution in [0.25, 0.3) is 22.2 Å². The Morgan fingerprint density at radius 2 is 1.86 bits per heavy atom. The van der Waals surface area contributed by atoms with Crippen LogP contribution in [0.3, 0.4) is 0 Å². The fourth-order valence-electron chi connectivity index (χ4n) is 3.95. The predicted octanol–water partition coefficient (Wildman–Crippen LogP) is 3.76. The summed E-state index contributed by atoms with van der Waals surface area (Å²) in [5.41, 5.74) is 4.14. The van der Waals surface area contributed by atoms with Gasteiger partial charge in [-0.15, -0.1) is 0 Å². The molecule has 29 heavy (non-hydrogen) atoms. The van der Waals surface area contributed by atoms with Crippen molar-refractivity contribution in [1.82, 2.24) is 30.0 Å². The van der Waals surface area contributed by atoms with Crippen molar-refractivity contribution in [2.24, 2.45) is 0 Å². The highest BCUT2D eigenvalue weighted by Crippen LogP contribution is 2.29. The molecule has 0 bridgehead atoms. The number of rotatable bonds is 4. The average molecular weight is 386 g/mol. The summed E-state index contributed by atoms with van der Waals surface area (Å²) >= 11 is 0. The second-order valence-electron chi connectivity index (χ2n) is 7.52. The van der Waals surface area contributed by atoms with Crippen LogP contribution < -0.4 is 0 Å². The molecule has 4 aromatic heterocycles. The molecular formula is C22H22N6O. The van der Waals surface area contributed by atoms with Crippen molar-refractivity contribution in [3.05, 3.63) is 66.3 Å². The van der Waals surface area contributed by atoms with Crippen LogP contribution >= 0.6 is 0 Å². The van der Waals surface area contributed by atoms with Crippen LogP contribution in [0.1, 0.15) is 36.2 Å². The summed E-state index contributed by atoms with van der Waals surface area (Å²) in [7, 11) is 0. The van der Waals surface area contributed by atoms with Crippen molar-refractivity contribution in [2.45, 2.75) is 32.2 Å². The summed E-state index contributed by atoms with van der Waals surface area (Å²) in [6.45, 7) is 4.58. The lowest BCUT2D eigenvalue weighted by Gasteiger charge is -2.30. The Morgan fingerprint density at radius 1 is 1.03 bits per heavy atom. The van der Waals surface area contributed by atoms with E-state index in [2.05, 4.69) is 43.2 Å². The average Bonchev–Trinajstić information content (AvgIpc) is 3.18. The van der Waals surface area contributed by atoms with Gasteiger partial charge in [-0.3, -0.25) is 9.88 Å². The van der Waals surface area contributed by atoms with Gasteiger partial charge in [-0.05, 0) is 61.8 Å². The molecule has 0 N–H and O–H groups in total. The predicted molar refractivity (Wildman–Crippen MR) is 109 cm³/mol. The molecule has 146 valence electrons. The Hall–Kier alpha value is -3.19. The van der Waals surface area contributed by atoms with Gasteiger partial charge in [-0.1, -0.05) is 5.16 Å². The van der Waals surface area contributed by atoms with E-state index < -0.39 is 0 Å². The normalized spacial score (nSPS) is 15.8. The minimum atomic E-state index is 0.462. The maximum Gasteiger partial charge on any atom is 0.223 e. The van der Waals surface area contributed by atoms with Gasteiger partial charge in [-0.2, -0.15) is 4.98 Å². The van der Waals surface area contributed by atoms with Gasteiger partial charge in [0.2, 0.25) is 5.89 Å². The van der Waals surface area contributed by atoms with E-state index in [1.165, 1.54) is 0 Å². The minimum absolute atomic E-state index is 0.462. The summed E-state index contributed by atoms with van der Waals surface area (Å²) in [6.07, 6.45) is 7.64. The standard InChI is InChI=1S/C22H22N6O/c1-15-25-21(27-29-15)14-28-10-6-17(7-11-28)20-3-2-18-12-19(13-24-22(18)26-20)16-4-8-23-9-5-16/h2-5,8-9,12-13,17H,6-7,10-11,14H2,1H3. The van der Waals surface area contributed by atoms with Crippen LogP contribution in [-0.2, 0) is 6.54 Å². The molecule has 7 nitrogen and oxygen atoms in total. The first kappa shape index (κ1) is 17.9. The number of hydrogen-bond acceptors (Lipinski definition) is 7. The van der Waals surface area contributed by atoms with Crippen LogP contribution in [0.4, 0.5) is 0 Å². The lowest BCUT2D eigenvalue weighted by molar-refractivity contribution is 0.196. The maximum atomic E-state index is 5.07. The molecule has 0 spiro atoms. The van der Waals surface area contributed by atoms with Crippen molar-refractivity contribution < 1.29 is 4.52 Å². The smallest absolute Gasteiger partial charge is 0.223 e. The molecule has 0 saturated carbocycles. The molecule has 0 radical (unpaired) electrons. The van der Waals surface area contributed by atoms with E-state index in [1.54, 1.807) is 12.4 Å². The zero-order valence-electron chi connectivity index (χ0n) is 16.3. The topological polar surface area (TPSA) is 80.8 Å². The third kappa shape index (κ3) is 3.86. The summed E-state index contributed by atoms with van der Waals surface area (Å²) in [4.78, 5) is 20.2. The number of aryl methyl sites for hydroxylation is 1. The molecule has 1 aliphatic heterocycles. The third-order valence-corrected chi connectivity index (χ3v) is 5.52. The van der Waals surface area contributed by atoms with Crippen LogP contribution in [0.5, 0.6) is 0 Å². The Kier molecular flexibility index (Phi) is 4.73. The van der Waals surface area contributed by atoms with Gasteiger partial charge in [0, 0.05) is 48.1 Å². The second kappa shape index (κ2) is 7.67. The molecule has 0 aliphatic carbocycles. The highest BCUT2D eigenvalue weighted by Gasteiger charge is 2.23. The first-order valence-corrected chi connectivity index (χ1v) is 9.93. The monoisotopic (exact) mass is 386 g/mol. The number of nitrogens with zero attached hydrogens (tertiary/aromatic N) is 6. The van der Waals surface area contributed by atoms with E-state index in [9.17, 15) is 0 Å². The first-order valence-electron chi connectivity index (χ1n) is 9.93. The van der Waals surface area contributed by atoms with E-state index in [1.807, 2.05) is 25.3 Å². The number of piperidine rings is 1. The molecular weight excluding hydrogens is 364 g/mol. The summed E-state index contributed by atoms with van der Waals surface area (Å²) in [6, 6.07) is 10.4. The van der Waals surface area contributed by atoms with E-state index in [4.69, 9.17) is 9.51 Å². The third-order valence-electron chi connectivity index (χ3n) is 5.52. The van der Waals surface area contributed by atoms with Gasteiger partial charge in [0.25, 0.3) is 0 Å². The quantitative estimate of drug-likeness (QED) is 0.528. The molecule has 4 aromatic rings. The van der Waals surface area contributed by atoms with Crippen molar-refractivity contribution in [3.63, 3.8) is 0 Å². The van der Waals surface area contributed by atoms with Crippen molar-refractivity contribution in [2.75, 3.05) is 13.1 Å². The molecule has 5 rings (SSSR count). The van der Waals surface area contributed by atoms with E-state index >= 15 is 0 Å². The van der Waals surface area contributed by atoms with Gasteiger partial charge in [0.15, 0.2) is 11.5 Å². The molecule has 5 heterocycles. The Bertz CT molecular complexity index is 1120. The van der Waals surface area contributed by atoms with Crippen molar-refractivity contribution >= 4 is 11.0 Å². The lowest BCUT2D eigenvalue weighted by Crippen LogP contribution is -2.33. The largest absolute Gasteiger partial charge is 0.340 e.